The second-order valence-electron chi connectivity index (χ2n) is 6.76. The lowest BCUT2D eigenvalue weighted by atomic mass is 10.2. The van der Waals surface area contributed by atoms with E-state index in [2.05, 4.69) is 10.2 Å². The number of fused-ring (bicyclic) bond motifs is 1. The Bertz CT molecular complexity index is 865. The van der Waals surface area contributed by atoms with Crippen molar-refractivity contribution < 1.29 is 14.0 Å². The van der Waals surface area contributed by atoms with E-state index >= 15 is 0 Å². The van der Waals surface area contributed by atoms with E-state index in [4.69, 9.17) is 0 Å². The molecule has 4 rings (SSSR count). The van der Waals surface area contributed by atoms with E-state index in [0.717, 1.165) is 5.69 Å². The molecule has 1 N–H and O–H groups in total. The van der Waals surface area contributed by atoms with Crippen LogP contribution in [0.3, 0.4) is 0 Å². The second-order valence-corrected chi connectivity index (χ2v) is 6.76. The molecule has 7 heteroatoms. The Morgan fingerprint density at radius 1 is 0.963 bits per heavy atom. The van der Waals surface area contributed by atoms with Crippen molar-refractivity contribution in [3.05, 3.63) is 54.3 Å². The van der Waals surface area contributed by atoms with Gasteiger partial charge in [-0.25, -0.2) is 4.39 Å². The van der Waals surface area contributed by atoms with Crippen molar-refractivity contribution in [2.24, 2.45) is 0 Å². The van der Waals surface area contributed by atoms with Crippen LogP contribution in [0.25, 0.3) is 0 Å². The predicted molar refractivity (Wildman–Crippen MR) is 102 cm³/mol. The van der Waals surface area contributed by atoms with Gasteiger partial charge < -0.3 is 10.2 Å². The smallest absolute Gasteiger partial charge is 0.244 e. The Balaban J connectivity index is 1.39. The SMILES string of the molecule is O=C1CN(C(=O)CN2CCN(c3ccccc3F)CC2)c2ccccc2N1. The van der Waals surface area contributed by atoms with E-state index in [0.29, 0.717) is 37.6 Å². The van der Waals surface area contributed by atoms with Gasteiger partial charge in [-0.15, -0.1) is 0 Å². The molecule has 0 aromatic heterocycles. The highest BCUT2D eigenvalue weighted by molar-refractivity contribution is 6.10. The average Bonchev–Trinajstić information content (AvgIpc) is 2.68. The van der Waals surface area contributed by atoms with Gasteiger partial charge in [-0.2, -0.15) is 0 Å². The number of rotatable bonds is 3. The third-order valence-corrected chi connectivity index (χ3v) is 5.00. The fraction of sp³-hybridized carbons (Fsp3) is 0.300. The van der Waals surface area contributed by atoms with Crippen LogP contribution in [0.5, 0.6) is 0 Å². The van der Waals surface area contributed by atoms with Crippen molar-refractivity contribution in [3.8, 4) is 0 Å². The zero-order chi connectivity index (χ0) is 18.8. The van der Waals surface area contributed by atoms with Gasteiger partial charge >= 0.3 is 0 Å². The van der Waals surface area contributed by atoms with Crippen LogP contribution in [0.4, 0.5) is 21.5 Å². The fourth-order valence-corrected chi connectivity index (χ4v) is 3.59. The van der Waals surface area contributed by atoms with Crippen LogP contribution in [0.15, 0.2) is 48.5 Å². The summed E-state index contributed by atoms with van der Waals surface area (Å²) in [6.07, 6.45) is 0. The van der Waals surface area contributed by atoms with Crippen LogP contribution in [-0.4, -0.2) is 56.0 Å². The number of halogens is 1. The minimum absolute atomic E-state index is 0.0328. The molecule has 2 heterocycles. The first kappa shape index (κ1) is 17.5. The van der Waals surface area contributed by atoms with Crippen molar-refractivity contribution in [2.45, 2.75) is 0 Å². The van der Waals surface area contributed by atoms with E-state index in [1.54, 1.807) is 18.2 Å². The number of hydrogen-bond acceptors (Lipinski definition) is 4. The Kier molecular flexibility index (Phi) is 4.77. The maximum absolute atomic E-state index is 13.9. The molecule has 2 aromatic carbocycles. The number of benzene rings is 2. The van der Waals surface area contributed by atoms with Gasteiger partial charge in [-0.1, -0.05) is 24.3 Å². The molecule has 2 aliphatic rings. The molecule has 0 unspecified atom stereocenters. The molecule has 0 aliphatic carbocycles. The molecule has 0 bridgehead atoms. The summed E-state index contributed by atoms with van der Waals surface area (Å²) in [5.41, 5.74) is 1.99. The largest absolute Gasteiger partial charge is 0.367 e. The lowest BCUT2D eigenvalue weighted by molar-refractivity contribution is -0.122. The van der Waals surface area contributed by atoms with Crippen molar-refractivity contribution in [2.75, 3.05) is 54.4 Å². The third-order valence-electron chi connectivity index (χ3n) is 5.00. The molecule has 2 aliphatic heterocycles. The standard InChI is InChI=1S/C20H21FN4O2/c21-15-5-1-3-7-17(15)24-11-9-23(10-12-24)14-20(27)25-13-19(26)22-16-6-2-4-8-18(16)25/h1-8H,9-14H2,(H,22,26). The summed E-state index contributed by atoms with van der Waals surface area (Å²) in [4.78, 5) is 30.3. The van der Waals surface area contributed by atoms with Crippen molar-refractivity contribution >= 4 is 28.9 Å². The molecule has 0 atom stereocenters. The topological polar surface area (TPSA) is 55.9 Å². The Hall–Kier alpha value is -2.93. The molecule has 6 nitrogen and oxygen atoms in total. The summed E-state index contributed by atoms with van der Waals surface area (Å²) in [7, 11) is 0. The fourth-order valence-electron chi connectivity index (χ4n) is 3.59. The number of carbonyl (C=O) groups excluding carboxylic acids is 2. The molecule has 1 saturated heterocycles. The molecule has 140 valence electrons. The van der Waals surface area contributed by atoms with E-state index in [1.807, 2.05) is 29.2 Å². The highest BCUT2D eigenvalue weighted by atomic mass is 19.1. The first-order valence-corrected chi connectivity index (χ1v) is 9.03. The molecular formula is C20H21FN4O2. The minimum atomic E-state index is -0.224. The summed E-state index contributed by atoms with van der Waals surface area (Å²) in [5, 5.41) is 2.79. The van der Waals surface area contributed by atoms with E-state index in [9.17, 15) is 14.0 Å². The van der Waals surface area contributed by atoms with E-state index in [1.165, 1.54) is 11.0 Å². The summed E-state index contributed by atoms with van der Waals surface area (Å²) >= 11 is 0. The molecule has 2 aromatic rings. The number of carbonyl (C=O) groups is 2. The van der Waals surface area contributed by atoms with Gasteiger partial charge in [0.25, 0.3) is 0 Å². The average molecular weight is 368 g/mol. The molecular weight excluding hydrogens is 347 g/mol. The molecule has 27 heavy (non-hydrogen) atoms. The summed E-state index contributed by atoms with van der Waals surface area (Å²) in [6, 6.07) is 14.1. The first-order valence-electron chi connectivity index (χ1n) is 9.03. The van der Waals surface area contributed by atoms with Crippen LogP contribution in [0, 0.1) is 5.82 Å². The summed E-state index contributed by atoms with van der Waals surface area (Å²) in [5.74, 6) is -0.513. The van der Waals surface area contributed by atoms with Gasteiger partial charge in [0, 0.05) is 26.2 Å². The lowest BCUT2D eigenvalue weighted by Gasteiger charge is -2.37. The monoisotopic (exact) mass is 368 g/mol. The van der Waals surface area contributed by atoms with Gasteiger partial charge in [0.05, 0.1) is 23.6 Å². The number of anilines is 3. The molecule has 0 radical (unpaired) electrons. The molecule has 0 spiro atoms. The Labute approximate surface area is 157 Å². The predicted octanol–water partition coefficient (Wildman–Crippen LogP) is 1.93. The number of hydrogen-bond donors (Lipinski definition) is 1. The maximum atomic E-state index is 13.9. The van der Waals surface area contributed by atoms with Gasteiger partial charge in [0.15, 0.2) is 0 Å². The van der Waals surface area contributed by atoms with E-state index < -0.39 is 0 Å². The molecule has 1 fully saturated rings. The third kappa shape index (κ3) is 3.64. The number of amides is 2. The second kappa shape index (κ2) is 7.36. The van der Waals surface area contributed by atoms with Crippen LogP contribution < -0.4 is 15.1 Å². The van der Waals surface area contributed by atoms with Gasteiger partial charge in [-0.05, 0) is 24.3 Å². The molecule has 0 saturated carbocycles. The van der Waals surface area contributed by atoms with Gasteiger partial charge in [-0.3, -0.25) is 19.4 Å². The van der Waals surface area contributed by atoms with Crippen molar-refractivity contribution in [3.63, 3.8) is 0 Å². The van der Waals surface area contributed by atoms with Gasteiger partial charge in [0.2, 0.25) is 11.8 Å². The quantitative estimate of drug-likeness (QED) is 0.900. The molecule has 2 amide bonds. The number of piperazine rings is 1. The maximum Gasteiger partial charge on any atom is 0.244 e. The number of para-hydroxylation sites is 3. The van der Waals surface area contributed by atoms with E-state index in [-0.39, 0.29) is 30.7 Å². The van der Waals surface area contributed by atoms with Crippen LogP contribution in [-0.2, 0) is 9.59 Å². The zero-order valence-corrected chi connectivity index (χ0v) is 14.9. The summed E-state index contributed by atoms with van der Waals surface area (Å²) < 4.78 is 13.9. The first-order chi connectivity index (χ1) is 13.1. The van der Waals surface area contributed by atoms with Crippen molar-refractivity contribution in [1.29, 1.82) is 0 Å². The Morgan fingerprint density at radius 2 is 1.63 bits per heavy atom. The Morgan fingerprint density at radius 3 is 2.37 bits per heavy atom. The highest BCUT2D eigenvalue weighted by Gasteiger charge is 2.28. The summed E-state index contributed by atoms with van der Waals surface area (Å²) in [6.45, 7) is 2.93. The van der Waals surface area contributed by atoms with Crippen LogP contribution in [0.2, 0.25) is 0 Å². The normalized spacial score (nSPS) is 17.4. The van der Waals surface area contributed by atoms with Gasteiger partial charge in [0.1, 0.15) is 12.4 Å². The van der Waals surface area contributed by atoms with Crippen LogP contribution in [0.1, 0.15) is 0 Å². The lowest BCUT2D eigenvalue weighted by Crippen LogP contribution is -2.52. The zero-order valence-electron chi connectivity index (χ0n) is 14.9. The van der Waals surface area contributed by atoms with Crippen LogP contribution >= 0.6 is 0 Å². The van der Waals surface area contributed by atoms with Crippen molar-refractivity contribution in [1.82, 2.24) is 4.90 Å². The number of nitrogens with zero attached hydrogens (tertiary/aromatic N) is 3. The minimum Gasteiger partial charge on any atom is -0.367 e. The highest BCUT2D eigenvalue weighted by Crippen LogP contribution is 2.29. The number of nitrogens with one attached hydrogen (secondary N) is 1.